The van der Waals surface area contributed by atoms with Crippen LogP contribution in [0.15, 0.2) is 16.6 Å². The standard InChI is InChI=1S/C8H7BrF3NO/c9-5-2-3(10)1-4(7(5)14)6(13)8(11)12/h1-2,6,8,14H,13H2. The molecule has 0 aliphatic rings. The number of hydrogen-bond donors (Lipinski definition) is 2. The topological polar surface area (TPSA) is 46.2 Å². The van der Waals surface area contributed by atoms with Crippen LogP contribution in [0, 0.1) is 5.82 Å². The van der Waals surface area contributed by atoms with E-state index >= 15 is 0 Å². The van der Waals surface area contributed by atoms with Crippen molar-refractivity contribution in [2.24, 2.45) is 5.73 Å². The van der Waals surface area contributed by atoms with Gasteiger partial charge in [0, 0.05) is 5.56 Å². The Morgan fingerprint density at radius 3 is 2.43 bits per heavy atom. The van der Waals surface area contributed by atoms with Crippen molar-refractivity contribution >= 4 is 15.9 Å². The van der Waals surface area contributed by atoms with E-state index in [1.54, 1.807) is 0 Å². The lowest BCUT2D eigenvalue weighted by Crippen LogP contribution is -2.19. The molecule has 0 saturated heterocycles. The van der Waals surface area contributed by atoms with Crippen molar-refractivity contribution in [1.82, 2.24) is 0 Å². The van der Waals surface area contributed by atoms with Gasteiger partial charge in [-0.05, 0) is 28.1 Å². The molecule has 14 heavy (non-hydrogen) atoms. The van der Waals surface area contributed by atoms with E-state index in [1.807, 2.05) is 0 Å². The molecule has 0 fully saturated rings. The van der Waals surface area contributed by atoms with Gasteiger partial charge in [-0.15, -0.1) is 0 Å². The van der Waals surface area contributed by atoms with Crippen LogP contribution in [0.5, 0.6) is 5.75 Å². The molecule has 3 N–H and O–H groups in total. The Morgan fingerprint density at radius 2 is 1.93 bits per heavy atom. The van der Waals surface area contributed by atoms with Gasteiger partial charge < -0.3 is 10.8 Å². The van der Waals surface area contributed by atoms with E-state index in [-0.39, 0.29) is 10.0 Å². The molecule has 0 heterocycles. The summed E-state index contributed by atoms with van der Waals surface area (Å²) in [5.74, 6) is -1.19. The van der Waals surface area contributed by atoms with Crippen LogP contribution in [0.1, 0.15) is 11.6 Å². The summed E-state index contributed by atoms with van der Waals surface area (Å²) in [5, 5.41) is 9.31. The van der Waals surface area contributed by atoms with Gasteiger partial charge in [-0.1, -0.05) is 0 Å². The molecule has 0 spiro atoms. The number of aromatic hydroxyl groups is 1. The number of halogens is 4. The molecular formula is C8H7BrF3NO. The molecular weight excluding hydrogens is 263 g/mol. The van der Waals surface area contributed by atoms with Crippen LogP contribution < -0.4 is 5.73 Å². The Labute approximate surface area is 86.7 Å². The molecule has 1 atom stereocenters. The molecule has 1 aromatic carbocycles. The fraction of sp³-hybridized carbons (Fsp3) is 0.250. The van der Waals surface area contributed by atoms with Gasteiger partial charge in [0.15, 0.2) is 0 Å². The van der Waals surface area contributed by atoms with Gasteiger partial charge in [0.1, 0.15) is 11.6 Å². The molecule has 2 nitrogen and oxygen atoms in total. The third kappa shape index (κ3) is 2.19. The van der Waals surface area contributed by atoms with Crippen LogP contribution in [0.2, 0.25) is 0 Å². The van der Waals surface area contributed by atoms with E-state index in [9.17, 15) is 18.3 Å². The summed E-state index contributed by atoms with van der Waals surface area (Å²) in [6.07, 6.45) is -2.85. The molecule has 6 heteroatoms. The van der Waals surface area contributed by atoms with E-state index in [0.29, 0.717) is 0 Å². The third-order valence-electron chi connectivity index (χ3n) is 1.69. The monoisotopic (exact) mass is 269 g/mol. The zero-order chi connectivity index (χ0) is 10.9. The van der Waals surface area contributed by atoms with Crippen LogP contribution in [0.4, 0.5) is 13.2 Å². The van der Waals surface area contributed by atoms with Gasteiger partial charge in [0.25, 0.3) is 6.43 Å². The van der Waals surface area contributed by atoms with E-state index in [4.69, 9.17) is 5.73 Å². The Bertz CT molecular complexity index is 346. The second-order valence-electron chi connectivity index (χ2n) is 2.69. The highest BCUT2D eigenvalue weighted by atomic mass is 79.9. The number of benzene rings is 1. The Kier molecular flexibility index (Phi) is 3.38. The highest BCUT2D eigenvalue weighted by Gasteiger charge is 2.22. The predicted octanol–water partition coefficient (Wildman–Crippen LogP) is 2.56. The average molecular weight is 270 g/mol. The number of nitrogens with two attached hydrogens (primary N) is 1. The highest BCUT2D eigenvalue weighted by molar-refractivity contribution is 9.10. The highest BCUT2D eigenvalue weighted by Crippen LogP contribution is 2.34. The molecule has 1 unspecified atom stereocenters. The van der Waals surface area contributed by atoms with Crippen LogP contribution in [0.3, 0.4) is 0 Å². The first kappa shape index (κ1) is 11.3. The van der Waals surface area contributed by atoms with Crippen LogP contribution in [-0.4, -0.2) is 11.5 Å². The second kappa shape index (κ2) is 4.18. The maximum atomic E-state index is 12.8. The number of alkyl halides is 2. The number of phenolic OH excluding ortho intramolecular Hbond substituents is 1. The lowest BCUT2D eigenvalue weighted by molar-refractivity contribution is 0.115. The fourth-order valence-corrected chi connectivity index (χ4v) is 1.42. The maximum Gasteiger partial charge on any atom is 0.257 e. The molecule has 0 aromatic heterocycles. The minimum atomic E-state index is -2.85. The van der Waals surface area contributed by atoms with E-state index in [1.165, 1.54) is 0 Å². The summed E-state index contributed by atoms with van der Waals surface area (Å²) in [4.78, 5) is 0. The largest absolute Gasteiger partial charge is 0.506 e. The molecule has 0 amide bonds. The minimum Gasteiger partial charge on any atom is -0.506 e. The van der Waals surface area contributed by atoms with Gasteiger partial charge in [0.05, 0.1) is 10.5 Å². The van der Waals surface area contributed by atoms with Crippen LogP contribution >= 0.6 is 15.9 Å². The zero-order valence-corrected chi connectivity index (χ0v) is 8.43. The molecule has 0 saturated carbocycles. The molecule has 1 rings (SSSR count). The zero-order valence-electron chi connectivity index (χ0n) is 6.85. The van der Waals surface area contributed by atoms with Crippen molar-refractivity contribution < 1.29 is 18.3 Å². The minimum absolute atomic E-state index is 0.00333. The predicted molar refractivity (Wildman–Crippen MR) is 48.7 cm³/mol. The maximum absolute atomic E-state index is 12.8. The molecule has 0 bridgehead atoms. The van der Waals surface area contributed by atoms with E-state index < -0.39 is 24.0 Å². The van der Waals surface area contributed by atoms with Gasteiger partial charge in [-0.3, -0.25) is 0 Å². The van der Waals surface area contributed by atoms with Gasteiger partial charge in [0.2, 0.25) is 0 Å². The lowest BCUT2D eigenvalue weighted by atomic mass is 10.1. The quantitative estimate of drug-likeness (QED) is 0.867. The summed E-state index contributed by atoms with van der Waals surface area (Å²) in [6.45, 7) is 0. The Balaban J connectivity index is 3.20. The molecule has 1 aromatic rings. The van der Waals surface area contributed by atoms with Gasteiger partial charge in [-0.25, -0.2) is 13.2 Å². The summed E-state index contributed by atoms with van der Waals surface area (Å²) >= 11 is 2.82. The van der Waals surface area contributed by atoms with E-state index in [2.05, 4.69) is 15.9 Å². The number of rotatable bonds is 2. The van der Waals surface area contributed by atoms with Crippen LogP contribution in [0.25, 0.3) is 0 Å². The fourth-order valence-electron chi connectivity index (χ4n) is 0.976. The third-order valence-corrected chi connectivity index (χ3v) is 2.29. The summed E-state index contributed by atoms with van der Waals surface area (Å²) in [6, 6.07) is 0.0653. The van der Waals surface area contributed by atoms with Crippen molar-refractivity contribution in [2.75, 3.05) is 0 Å². The first-order valence-electron chi connectivity index (χ1n) is 3.65. The van der Waals surface area contributed by atoms with Crippen molar-refractivity contribution in [3.63, 3.8) is 0 Å². The number of hydrogen-bond acceptors (Lipinski definition) is 2. The summed E-state index contributed by atoms with van der Waals surface area (Å²) in [5.41, 5.74) is 4.77. The van der Waals surface area contributed by atoms with E-state index in [0.717, 1.165) is 12.1 Å². The van der Waals surface area contributed by atoms with Gasteiger partial charge in [-0.2, -0.15) is 0 Å². The number of phenols is 1. The normalized spacial score (nSPS) is 13.3. The molecule has 78 valence electrons. The van der Waals surface area contributed by atoms with Crippen LogP contribution in [-0.2, 0) is 0 Å². The van der Waals surface area contributed by atoms with Crippen molar-refractivity contribution in [2.45, 2.75) is 12.5 Å². The first-order valence-corrected chi connectivity index (χ1v) is 4.44. The first-order chi connectivity index (χ1) is 6.43. The SMILES string of the molecule is NC(c1cc(F)cc(Br)c1O)C(F)F. The second-order valence-corrected chi connectivity index (χ2v) is 3.54. The molecule has 0 radical (unpaired) electrons. The summed E-state index contributed by atoms with van der Waals surface area (Å²) in [7, 11) is 0. The molecule has 0 aliphatic carbocycles. The summed E-state index contributed by atoms with van der Waals surface area (Å²) < 4.78 is 37.2. The Morgan fingerprint density at radius 1 is 1.36 bits per heavy atom. The lowest BCUT2D eigenvalue weighted by Gasteiger charge is -2.13. The van der Waals surface area contributed by atoms with Crippen molar-refractivity contribution in [3.05, 3.63) is 28.0 Å². The van der Waals surface area contributed by atoms with Crippen molar-refractivity contribution in [1.29, 1.82) is 0 Å². The van der Waals surface area contributed by atoms with Gasteiger partial charge >= 0.3 is 0 Å². The average Bonchev–Trinajstić information content (AvgIpc) is 2.09. The molecule has 0 aliphatic heterocycles. The Hall–Kier alpha value is -0.750. The van der Waals surface area contributed by atoms with Crippen molar-refractivity contribution in [3.8, 4) is 5.75 Å². The smallest absolute Gasteiger partial charge is 0.257 e.